The van der Waals surface area contributed by atoms with Gasteiger partial charge in [0.1, 0.15) is 6.10 Å². The molecule has 5 aliphatic rings. The Balaban J connectivity index is 1.27. The third-order valence-corrected chi connectivity index (χ3v) is 10.2. The zero-order chi connectivity index (χ0) is 27.5. The second kappa shape index (κ2) is 13.4. The molecule has 2 heterocycles. The van der Waals surface area contributed by atoms with Crippen molar-refractivity contribution in [2.24, 2.45) is 16.8 Å². The normalized spacial score (nSPS) is 43.2. The number of alkyl halides is 1. The standard InChI is InChI=1S/C28H48ClN5O5/c1-16-32-33-28-21(15-25(36)30-12-13-39-24-5-3-4-23(35)27(24)37)31-26(17-6-8-18(29)9-7-17)20-14-19(38-2)10-11-22(20)34(16)28/h16-24,27-28,32-33,35,37H,3-15H2,1-2H3,(H,30,36)/t16?,17?,18?,19?,20?,21-,22?,23?,24?,27?,28?/m0/s1. The molecule has 0 radical (unpaired) electrons. The number of ether oxygens (including phenoxy) is 2. The fourth-order valence-electron chi connectivity index (χ4n) is 7.62. The molecular weight excluding hydrogens is 522 g/mol. The maximum Gasteiger partial charge on any atom is 0.222 e. The number of carbonyl (C=O) groups excluding carboxylic acids is 1. The van der Waals surface area contributed by atoms with E-state index in [-0.39, 0.29) is 48.3 Å². The Morgan fingerprint density at radius 2 is 1.92 bits per heavy atom. The van der Waals surface area contributed by atoms with Crippen LogP contribution in [0.3, 0.4) is 0 Å². The van der Waals surface area contributed by atoms with Crippen molar-refractivity contribution in [1.82, 2.24) is 21.1 Å². The van der Waals surface area contributed by atoms with Crippen molar-refractivity contribution in [2.45, 2.75) is 132 Å². The van der Waals surface area contributed by atoms with Crippen molar-refractivity contribution in [3.8, 4) is 0 Å². The Bertz CT molecular complexity index is 858. The molecule has 11 heteroatoms. The van der Waals surface area contributed by atoms with Crippen LogP contribution in [0.15, 0.2) is 4.99 Å². The molecule has 2 aliphatic heterocycles. The van der Waals surface area contributed by atoms with Crippen LogP contribution in [-0.2, 0) is 14.3 Å². The number of rotatable bonds is 8. The number of nitrogens with zero attached hydrogens (tertiary/aromatic N) is 2. The van der Waals surface area contributed by atoms with E-state index in [0.717, 1.165) is 57.8 Å². The van der Waals surface area contributed by atoms with Crippen LogP contribution >= 0.6 is 11.6 Å². The summed E-state index contributed by atoms with van der Waals surface area (Å²) in [4.78, 5) is 21.1. The molecule has 0 aromatic rings. The molecule has 1 amide bonds. The number of fused-ring (bicyclic) bond motifs is 3. The Morgan fingerprint density at radius 3 is 2.69 bits per heavy atom. The van der Waals surface area contributed by atoms with Crippen molar-refractivity contribution in [3.05, 3.63) is 0 Å². The van der Waals surface area contributed by atoms with Gasteiger partial charge in [-0.3, -0.25) is 14.7 Å². The first-order valence-electron chi connectivity index (χ1n) is 15.1. The van der Waals surface area contributed by atoms with Crippen molar-refractivity contribution in [1.29, 1.82) is 0 Å². The summed E-state index contributed by atoms with van der Waals surface area (Å²) in [5.41, 5.74) is 8.16. The van der Waals surface area contributed by atoms with Crippen LogP contribution in [0.1, 0.15) is 77.6 Å². The number of amides is 1. The van der Waals surface area contributed by atoms with Gasteiger partial charge in [0.25, 0.3) is 0 Å². The van der Waals surface area contributed by atoms with Crippen LogP contribution in [0.4, 0.5) is 0 Å². The first kappa shape index (κ1) is 29.6. The first-order chi connectivity index (χ1) is 18.9. The van der Waals surface area contributed by atoms with Gasteiger partial charge in [-0.15, -0.1) is 11.6 Å². The van der Waals surface area contributed by atoms with E-state index in [1.165, 1.54) is 5.71 Å². The molecule has 9 atom stereocenters. The Morgan fingerprint density at radius 1 is 1.13 bits per heavy atom. The van der Waals surface area contributed by atoms with Crippen molar-refractivity contribution in [2.75, 3.05) is 20.3 Å². The van der Waals surface area contributed by atoms with Crippen LogP contribution in [0.2, 0.25) is 0 Å². The van der Waals surface area contributed by atoms with E-state index in [0.29, 0.717) is 37.5 Å². The average Bonchev–Trinajstić information content (AvgIpc) is 3.26. The molecule has 39 heavy (non-hydrogen) atoms. The van der Waals surface area contributed by atoms with Gasteiger partial charge in [-0.05, 0) is 77.0 Å². The number of aliphatic imine (C=N–C) groups is 1. The Kier molecular flexibility index (Phi) is 10.2. The van der Waals surface area contributed by atoms with Crippen molar-refractivity contribution >= 4 is 23.2 Å². The van der Waals surface area contributed by atoms with E-state index in [9.17, 15) is 15.0 Å². The van der Waals surface area contributed by atoms with Gasteiger partial charge in [-0.1, -0.05) is 0 Å². The van der Waals surface area contributed by atoms with E-state index in [1.54, 1.807) is 0 Å². The number of methoxy groups -OCH3 is 1. The number of hydrogen-bond acceptors (Lipinski definition) is 9. The molecule has 0 aromatic heterocycles. The minimum absolute atomic E-state index is 0.0543. The highest BCUT2D eigenvalue weighted by atomic mass is 35.5. The maximum atomic E-state index is 13.2. The van der Waals surface area contributed by atoms with Crippen LogP contribution in [0.25, 0.3) is 0 Å². The summed E-state index contributed by atoms with van der Waals surface area (Å²) < 4.78 is 11.6. The molecule has 222 valence electrons. The zero-order valence-corrected chi connectivity index (χ0v) is 24.2. The largest absolute Gasteiger partial charge is 0.390 e. The van der Waals surface area contributed by atoms with Crippen LogP contribution in [0.5, 0.6) is 0 Å². The lowest BCUT2D eigenvalue weighted by atomic mass is 9.72. The number of hydrogen-bond donors (Lipinski definition) is 5. The summed E-state index contributed by atoms with van der Waals surface area (Å²) in [6.07, 6.45) is 7.96. The van der Waals surface area contributed by atoms with E-state index < -0.39 is 12.2 Å². The van der Waals surface area contributed by atoms with E-state index in [1.807, 2.05) is 7.11 Å². The van der Waals surface area contributed by atoms with Gasteiger partial charge in [0, 0.05) is 36.7 Å². The number of nitrogens with one attached hydrogen (secondary N) is 3. The smallest absolute Gasteiger partial charge is 0.222 e. The van der Waals surface area contributed by atoms with E-state index >= 15 is 0 Å². The number of aliphatic hydroxyl groups is 2. The lowest BCUT2D eigenvalue weighted by Crippen LogP contribution is -2.55. The maximum absolute atomic E-state index is 13.2. The molecular formula is C28H48ClN5O5. The van der Waals surface area contributed by atoms with Crippen LogP contribution < -0.4 is 16.2 Å². The van der Waals surface area contributed by atoms with E-state index in [4.69, 9.17) is 26.1 Å². The molecule has 3 saturated carbocycles. The predicted octanol–water partition coefficient (Wildman–Crippen LogP) is 1.67. The Labute approximate surface area is 237 Å². The minimum atomic E-state index is -0.864. The van der Waals surface area contributed by atoms with Crippen molar-refractivity contribution < 1.29 is 24.5 Å². The molecule has 0 spiro atoms. The molecule has 0 aromatic carbocycles. The first-order valence-corrected chi connectivity index (χ1v) is 15.6. The number of aliphatic hydroxyl groups excluding tert-OH is 2. The molecule has 3 aliphatic carbocycles. The third kappa shape index (κ3) is 6.80. The third-order valence-electron chi connectivity index (χ3n) is 9.74. The topological polar surface area (TPSA) is 128 Å². The molecule has 8 unspecified atom stereocenters. The van der Waals surface area contributed by atoms with Crippen LogP contribution in [-0.4, -0.2) is 101 Å². The lowest BCUT2D eigenvalue weighted by molar-refractivity contribution is -0.124. The summed E-state index contributed by atoms with van der Waals surface area (Å²) in [7, 11) is 1.82. The monoisotopic (exact) mass is 569 g/mol. The molecule has 10 nitrogen and oxygen atoms in total. The summed E-state index contributed by atoms with van der Waals surface area (Å²) in [5.74, 6) is 0.662. The summed E-state index contributed by atoms with van der Waals surface area (Å²) in [6.45, 7) is 2.84. The van der Waals surface area contributed by atoms with E-state index in [2.05, 4.69) is 28.0 Å². The van der Waals surface area contributed by atoms with Gasteiger partial charge in [-0.2, -0.15) is 0 Å². The molecule has 0 bridgehead atoms. The second-order valence-corrected chi connectivity index (χ2v) is 12.8. The fourth-order valence-corrected chi connectivity index (χ4v) is 7.88. The highest BCUT2D eigenvalue weighted by molar-refractivity contribution is 6.20. The molecule has 5 N–H and O–H groups in total. The summed E-state index contributed by atoms with van der Waals surface area (Å²) in [5, 5.41) is 23.3. The van der Waals surface area contributed by atoms with Gasteiger partial charge >= 0.3 is 0 Å². The lowest BCUT2D eigenvalue weighted by Gasteiger charge is -2.44. The Hall–Kier alpha value is -0.850. The fraction of sp³-hybridized carbons (Fsp3) is 0.929. The predicted molar refractivity (Wildman–Crippen MR) is 149 cm³/mol. The minimum Gasteiger partial charge on any atom is -0.390 e. The number of hydrazine groups is 1. The number of carbonyl (C=O) groups is 1. The van der Waals surface area contributed by atoms with Gasteiger partial charge in [0.2, 0.25) is 5.91 Å². The highest BCUT2D eigenvalue weighted by Crippen LogP contribution is 2.42. The summed E-state index contributed by atoms with van der Waals surface area (Å²) >= 11 is 6.48. The second-order valence-electron chi connectivity index (χ2n) is 12.2. The van der Waals surface area contributed by atoms with Gasteiger partial charge in [-0.25, -0.2) is 10.9 Å². The number of halogens is 1. The van der Waals surface area contributed by atoms with Crippen molar-refractivity contribution in [3.63, 3.8) is 0 Å². The zero-order valence-electron chi connectivity index (χ0n) is 23.4. The molecule has 4 fully saturated rings. The molecule has 5 rings (SSSR count). The quantitative estimate of drug-likeness (QED) is 0.221. The average molecular weight is 570 g/mol. The molecule has 1 saturated heterocycles. The van der Waals surface area contributed by atoms with Gasteiger partial charge in [0.15, 0.2) is 0 Å². The highest BCUT2D eigenvalue weighted by Gasteiger charge is 2.50. The van der Waals surface area contributed by atoms with Gasteiger partial charge < -0.3 is 25.0 Å². The van der Waals surface area contributed by atoms with Crippen LogP contribution in [0, 0.1) is 11.8 Å². The SMILES string of the molecule is COC1CCC2C(C1)C(C1CCC(Cl)CC1)=N[C@@H](CC(=O)NCCOC1CCCC(O)C1O)C1NNC(C)N21. The van der Waals surface area contributed by atoms with Gasteiger partial charge in [0.05, 0.1) is 49.7 Å². The summed E-state index contributed by atoms with van der Waals surface area (Å²) in [6, 6.07) is 0.138.